The lowest BCUT2D eigenvalue weighted by molar-refractivity contribution is -0.128. The van der Waals surface area contributed by atoms with Crippen LogP contribution in [0.15, 0.2) is 35.4 Å². The first-order chi connectivity index (χ1) is 11.0. The number of amides is 1. The van der Waals surface area contributed by atoms with E-state index in [-0.39, 0.29) is 17.5 Å². The molecule has 23 heavy (non-hydrogen) atoms. The number of nitrogens with one attached hydrogen (secondary N) is 1. The number of aromatic nitrogens is 3. The lowest BCUT2D eigenvalue weighted by Gasteiger charge is -2.17. The van der Waals surface area contributed by atoms with Gasteiger partial charge in [-0.05, 0) is 12.1 Å². The number of halogens is 1. The van der Waals surface area contributed by atoms with E-state index in [1.54, 1.807) is 18.1 Å². The minimum atomic E-state index is -0.410. The number of hydrogen-bond acceptors (Lipinski definition) is 5. The van der Waals surface area contributed by atoms with Gasteiger partial charge in [-0.25, -0.2) is 4.68 Å². The summed E-state index contributed by atoms with van der Waals surface area (Å²) >= 11 is 5.93. The quantitative estimate of drug-likeness (QED) is 0.850. The van der Waals surface area contributed by atoms with E-state index in [1.165, 1.54) is 13.2 Å². The van der Waals surface area contributed by atoms with Gasteiger partial charge >= 0.3 is 0 Å². The van der Waals surface area contributed by atoms with Crippen molar-refractivity contribution >= 4 is 23.2 Å². The number of hydrogen-bond donors (Lipinski definition) is 1. The molecule has 2 heterocycles. The van der Waals surface area contributed by atoms with Crippen LogP contribution < -0.4 is 10.9 Å². The minimum absolute atomic E-state index is 0.0199. The van der Waals surface area contributed by atoms with E-state index in [4.69, 9.17) is 11.6 Å². The van der Waals surface area contributed by atoms with Crippen LogP contribution in [0.3, 0.4) is 0 Å². The van der Waals surface area contributed by atoms with Gasteiger partial charge in [-0.15, -0.1) is 0 Å². The zero-order valence-electron chi connectivity index (χ0n) is 13.0. The number of carbonyl (C=O) groups is 1. The Hall–Kier alpha value is -2.41. The molecule has 0 fully saturated rings. The molecule has 0 unspecified atom stereocenters. The number of carbonyl (C=O) groups excluding carboxylic acids is 1. The average molecular weight is 336 g/mol. The fourth-order valence-corrected chi connectivity index (χ4v) is 2.13. The first-order valence-corrected chi connectivity index (χ1v) is 7.46. The van der Waals surface area contributed by atoms with Crippen molar-refractivity contribution in [3.05, 3.63) is 51.7 Å². The van der Waals surface area contributed by atoms with Gasteiger partial charge in [-0.3, -0.25) is 14.6 Å². The molecule has 0 aromatic carbocycles. The zero-order chi connectivity index (χ0) is 16.8. The molecule has 0 radical (unpaired) electrons. The highest BCUT2D eigenvalue weighted by Crippen LogP contribution is 2.14. The molecule has 0 saturated carbocycles. The van der Waals surface area contributed by atoms with Gasteiger partial charge in [0.25, 0.3) is 5.56 Å². The van der Waals surface area contributed by atoms with E-state index in [0.29, 0.717) is 18.7 Å². The van der Waals surface area contributed by atoms with Gasteiger partial charge in [-0.1, -0.05) is 17.7 Å². The van der Waals surface area contributed by atoms with Crippen LogP contribution in [0.25, 0.3) is 0 Å². The summed E-state index contributed by atoms with van der Waals surface area (Å²) in [5.74, 6) is -0.113. The summed E-state index contributed by atoms with van der Waals surface area (Å²) in [6.07, 6.45) is 3.83. The summed E-state index contributed by atoms with van der Waals surface area (Å²) in [6, 6.07) is 5.68. The smallest absolute Gasteiger partial charge is 0.287 e. The molecule has 0 bridgehead atoms. The molecule has 0 aliphatic rings. The van der Waals surface area contributed by atoms with Gasteiger partial charge in [0.15, 0.2) is 0 Å². The SMILES string of the molecule is CN(CCc1ccccn1)C(=O)CNc1cnn(C)c(=O)c1Cl. The molecule has 7 nitrogen and oxygen atoms in total. The molecule has 8 heteroatoms. The second-order valence-corrected chi connectivity index (χ2v) is 5.42. The Morgan fingerprint density at radius 1 is 1.43 bits per heavy atom. The third-order valence-electron chi connectivity index (χ3n) is 3.36. The van der Waals surface area contributed by atoms with Gasteiger partial charge in [0, 0.05) is 39.0 Å². The monoisotopic (exact) mass is 335 g/mol. The molecule has 2 aromatic rings. The van der Waals surface area contributed by atoms with Crippen LogP contribution in [0.1, 0.15) is 5.69 Å². The number of aryl methyl sites for hydroxylation is 1. The van der Waals surface area contributed by atoms with E-state index in [0.717, 1.165) is 10.4 Å². The van der Waals surface area contributed by atoms with Crippen LogP contribution >= 0.6 is 11.6 Å². The molecular formula is C15H18ClN5O2. The Bertz CT molecular complexity index is 732. The van der Waals surface area contributed by atoms with Crippen molar-refractivity contribution < 1.29 is 4.79 Å². The normalized spacial score (nSPS) is 10.4. The van der Waals surface area contributed by atoms with E-state index in [1.807, 2.05) is 18.2 Å². The van der Waals surface area contributed by atoms with Crippen molar-refractivity contribution in [3.63, 3.8) is 0 Å². The molecule has 0 aliphatic heterocycles. The Morgan fingerprint density at radius 3 is 2.91 bits per heavy atom. The number of pyridine rings is 1. The van der Waals surface area contributed by atoms with Crippen LogP contribution in [-0.2, 0) is 18.3 Å². The number of likely N-dealkylation sites (N-methyl/N-ethyl adjacent to an activating group) is 1. The third-order valence-corrected chi connectivity index (χ3v) is 3.73. The maximum absolute atomic E-state index is 12.1. The summed E-state index contributed by atoms with van der Waals surface area (Å²) in [4.78, 5) is 29.6. The fraction of sp³-hybridized carbons (Fsp3) is 0.333. The maximum Gasteiger partial charge on any atom is 0.287 e. The van der Waals surface area contributed by atoms with E-state index in [2.05, 4.69) is 15.4 Å². The topological polar surface area (TPSA) is 80.1 Å². The second kappa shape index (κ2) is 7.73. The van der Waals surface area contributed by atoms with Gasteiger partial charge in [0.05, 0.1) is 18.4 Å². The summed E-state index contributed by atoms with van der Waals surface area (Å²) in [7, 11) is 3.23. The molecular weight excluding hydrogens is 318 g/mol. The predicted molar refractivity (Wildman–Crippen MR) is 88.6 cm³/mol. The third kappa shape index (κ3) is 4.53. The molecule has 0 saturated heterocycles. The van der Waals surface area contributed by atoms with Crippen LogP contribution in [0.5, 0.6) is 0 Å². The fourth-order valence-electron chi connectivity index (χ4n) is 1.89. The van der Waals surface area contributed by atoms with Gasteiger partial charge in [0.2, 0.25) is 5.91 Å². The number of rotatable bonds is 6. The lowest BCUT2D eigenvalue weighted by Crippen LogP contribution is -2.34. The highest BCUT2D eigenvalue weighted by atomic mass is 35.5. The maximum atomic E-state index is 12.1. The number of nitrogens with zero attached hydrogens (tertiary/aromatic N) is 4. The highest BCUT2D eigenvalue weighted by molar-refractivity contribution is 6.33. The lowest BCUT2D eigenvalue weighted by atomic mass is 10.2. The average Bonchev–Trinajstić information content (AvgIpc) is 2.57. The van der Waals surface area contributed by atoms with Crippen molar-refractivity contribution in [3.8, 4) is 0 Å². The zero-order valence-corrected chi connectivity index (χ0v) is 13.7. The summed E-state index contributed by atoms with van der Waals surface area (Å²) in [5, 5.41) is 6.73. The predicted octanol–water partition coefficient (Wildman–Crippen LogP) is 0.942. The van der Waals surface area contributed by atoms with Gasteiger partial charge < -0.3 is 10.2 Å². The van der Waals surface area contributed by atoms with Crippen molar-refractivity contribution in [2.24, 2.45) is 7.05 Å². The minimum Gasteiger partial charge on any atom is -0.373 e. The molecule has 1 amide bonds. The second-order valence-electron chi connectivity index (χ2n) is 5.04. The molecule has 2 rings (SSSR count). The molecule has 1 N–H and O–H groups in total. The van der Waals surface area contributed by atoms with Crippen LogP contribution in [0, 0.1) is 0 Å². The first kappa shape index (κ1) is 17.0. The summed E-state index contributed by atoms with van der Waals surface area (Å²) < 4.78 is 1.13. The van der Waals surface area contributed by atoms with Crippen molar-refractivity contribution in [1.82, 2.24) is 19.7 Å². The van der Waals surface area contributed by atoms with Gasteiger partial charge in [-0.2, -0.15) is 5.10 Å². The first-order valence-electron chi connectivity index (χ1n) is 7.08. The summed E-state index contributed by atoms with van der Waals surface area (Å²) in [6.45, 7) is 0.591. The number of anilines is 1. The molecule has 0 atom stereocenters. The molecule has 122 valence electrons. The van der Waals surface area contributed by atoms with Crippen molar-refractivity contribution in [2.45, 2.75) is 6.42 Å². The van der Waals surface area contributed by atoms with Crippen molar-refractivity contribution in [1.29, 1.82) is 0 Å². The molecule has 0 spiro atoms. The van der Waals surface area contributed by atoms with Crippen LogP contribution in [-0.4, -0.2) is 45.7 Å². The molecule has 2 aromatic heterocycles. The van der Waals surface area contributed by atoms with Crippen LogP contribution in [0.4, 0.5) is 5.69 Å². The van der Waals surface area contributed by atoms with E-state index in [9.17, 15) is 9.59 Å². The van der Waals surface area contributed by atoms with Gasteiger partial charge in [0.1, 0.15) is 5.02 Å². The highest BCUT2D eigenvalue weighted by Gasteiger charge is 2.12. The van der Waals surface area contributed by atoms with E-state index < -0.39 is 5.56 Å². The standard InChI is InChI=1S/C15H18ClN5O2/c1-20(8-6-11-5-3-4-7-17-11)13(22)10-18-12-9-19-21(2)15(23)14(12)16/h3-5,7,9,18H,6,8,10H2,1-2H3. The van der Waals surface area contributed by atoms with Crippen LogP contribution in [0.2, 0.25) is 5.02 Å². The Labute approximate surface area is 138 Å². The Kier molecular flexibility index (Phi) is 5.70. The Morgan fingerprint density at radius 2 is 2.22 bits per heavy atom. The van der Waals surface area contributed by atoms with E-state index >= 15 is 0 Å². The summed E-state index contributed by atoms with van der Waals surface area (Å²) in [5.41, 5.74) is 0.868. The largest absolute Gasteiger partial charge is 0.373 e. The molecule has 0 aliphatic carbocycles. The van der Waals surface area contributed by atoms with Crippen molar-refractivity contribution in [2.75, 3.05) is 25.5 Å². The Balaban J connectivity index is 1.87.